The Morgan fingerprint density at radius 1 is 1.48 bits per heavy atom. The lowest BCUT2D eigenvalue weighted by molar-refractivity contribution is -0.0349. The van der Waals surface area contributed by atoms with Crippen LogP contribution in [0.3, 0.4) is 0 Å². The van der Waals surface area contributed by atoms with Gasteiger partial charge in [0.1, 0.15) is 5.82 Å². The molecule has 0 bridgehead atoms. The van der Waals surface area contributed by atoms with Crippen molar-refractivity contribution in [3.8, 4) is 0 Å². The molecule has 0 saturated carbocycles. The van der Waals surface area contributed by atoms with Crippen LogP contribution >= 0.6 is 11.6 Å². The molecule has 1 fully saturated rings. The van der Waals surface area contributed by atoms with Crippen LogP contribution in [-0.4, -0.2) is 47.0 Å². The number of hydrogen-bond donors (Lipinski definition) is 1. The lowest BCUT2D eigenvalue weighted by atomic mass is 10.0. The maximum atomic E-state index is 14.5. The zero-order valence-electron chi connectivity index (χ0n) is 14.6. The average molecular weight is 367 g/mol. The third-order valence-corrected chi connectivity index (χ3v) is 4.80. The highest BCUT2D eigenvalue weighted by molar-refractivity contribution is 6.31. The first-order valence-corrected chi connectivity index (χ1v) is 8.90. The van der Waals surface area contributed by atoms with Gasteiger partial charge >= 0.3 is 0 Å². The Morgan fingerprint density at radius 3 is 3.00 bits per heavy atom. The van der Waals surface area contributed by atoms with Crippen molar-refractivity contribution in [2.75, 3.05) is 26.2 Å². The lowest BCUT2D eigenvalue weighted by Gasteiger charge is -2.38. The van der Waals surface area contributed by atoms with Crippen LogP contribution in [0.2, 0.25) is 5.02 Å². The number of benzene rings is 1. The van der Waals surface area contributed by atoms with Gasteiger partial charge in [-0.05, 0) is 19.1 Å². The van der Waals surface area contributed by atoms with Crippen molar-refractivity contribution in [3.63, 3.8) is 0 Å². The summed E-state index contributed by atoms with van der Waals surface area (Å²) < 4.78 is 21.9. The van der Waals surface area contributed by atoms with E-state index in [-0.39, 0.29) is 18.0 Å². The summed E-state index contributed by atoms with van der Waals surface area (Å²) in [5.74, 6) is -0.264. The van der Waals surface area contributed by atoms with E-state index in [1.807, 2.05) is 26.4 Å². The van der Waals surface area contributed by atoms with Gasteiger partial charge in [0, 0.05) is 55.6 Å². The predicted molar refractivity (Wildman–Crippen MR) is 96.1 cm³/mol. The summed E-state index contributed by atoms with van der Waals surface area (Å²) >= 11 is 6.34. The quantitative estimate of drug-likeness (QED) is 0.853. The fourth-order valence-corrected chi connectivity index (χ4v) is 3.58. The van der Waals surface area contributed by atoms with Crippen molar-refractivity contribution >= 4 is 11.6 Å². The van der Waals surface area contributed by atoms with E-state index in [0.29, 0.717) is 30.3 Å². The molecule has 1 aromatic heterocycles. The molecule has 0 spiro atoms. The highest BCUT2D eigenvalue weighted by Crippen LogP contribution is 2.31. The number of nitrogens with zero attached hydrogens (tertiary/aromatic N) is 3. The lowest BCUT2D eigenvalue weighted by Crippen LogP contribution is -2.46. The number of nitrogens with one attached hydrogen (secondary N) is 1. The highest BCUT2D eigenvalue weighted by atomic mass is 35.5. The molecule has 7 heteroatoms. The number of halogens is 2. The van der Waals surface area contributed by atoms with E-state index < -0.39 is 0 Å². The molecule has 3 rings (SSSR count). The first kappa shape index (κ1) is 18.3. The van der Waals surface area contributed by atoms with E-state index in [9.17, 15) is 4.39 Å². The van der Waals surface area contributed by atoms with Crippen LogP contribution in [0.4, 0.5) is 4.39 Å². The molecule has 2 heterocycles. The van der Waals surface area contributed by atoms with E-state index in [1.54, 1.807) is 16.8 Å². The predicted octanol–water partition coefficient (Wildman–Crippen LogP) is 2.76. The Bertz CT molecular complexity index is 688. The highest BCUT2D eigenvalue weighted by Gasteiger charge is 2.28. The Morgan fingerprint density at radius 2 is 2.32 bits per heavy atom. The molecule has 1 N–H and O–H groups in total. The molecular formula is C18H24ClFN4O. The van der Waals surface area contributed by atoms with Crippen molar-refractivity contribution in [2.24, 2.45) is 7.05 Å². The van der Waals surface area contributed by atoms with Gasteiger partial charge in [0.2, 0.25) is 0 Å². The van der Waals surface area contributed by atoms with Crippen molar-refractivity contribution in [3.05, 3.63) is 52.6 Å². The third kappa shape index (κ3) is 4.58. The molecule has 2 atom stereocenters. The van der Waals surface area contributed by atoms with Crippen molar-refractivity contribution < 1.29 is 9.13 Å². The van der Waals surface area contributed by atoms with Crippen LogP contribution in [0.25, 0.3) is 0 Å². The summed E-state index contributed by atoms with van der Waals surface area (Å²) in [7, 11) is 1.89. The monoisotopic (exact) mass is 366 g/mol. The summed E-state index contributed by atoms with van der Waals surface area (Å²) in [4.78, 5) is 2.24. The topological polar surface area (TPSA) is 42.3 Å². The zero-order chi connectivity index (χ0) is 17.8. The summed E-state index contributed by atoms with van der Waals surface area (Å²) in [5.41, 5.74) is 1.65. The van der Waals surface area contributed by atoms with Crippen molar-refractivity contribution in [1.29, 1.82) is 0 Å². The second-order valence-electron chi connectivity index (χ2n) is 6.48. The Kier molecular flexibility index (Phi) is 6.06. The fourth-order valence-electron chi connectivity index (χ4n) is 3.29. The fraction of sp³-hybridized carbons (Fsp3) is 0.500. The number of aromatic nitrogens is 2. The van der Waals surface area contributed by atoms with Crippen LogP contribution in [0.15, 0.2) is 30.6 Å². The first-order chi connectivity index (χ1) is 12.0. The van der Waals surface area contributed by atoms with E-state index in [1.165, 1.54) is 6.07 Å². The van der Waals surface area contributed by atoms with E-state index in [2.05, 4.69) is 15.3 Å². The number of morpholine rings is 1. The molecule has 2 aromatic rings. The van der Waals surface area contributed by atoms with Gasteiger partial charge in [-0.25, -0.2) is 4.39 Å². The van der Waals surface area contributed by atoms with Gasteiger partial charge in [-0.1, -0.05) is 17.7 Å². The summed E-state index contributed by atoms with van der Waals surface area (Å²) in [6, 6.07) is 4.72. The molecule has 1 aromatic carbocycles. The normalized spacial score (nSPS) is 19.9. The molecule has 1 aliphatic rings. The minimum absolute atomic E-state index is 0.125. The van der Waals surface area contributed by atoms with Gasteiger partial charge in [-0.3, -0.25) is 9.58 Å². The van der Waals surface area contributed by atoms with Crippen molar-refractivity contribution in [2.45, 2.75) is 25.6 Å². The van der Waals surface area contributed by atoms with Gasteiger partial charge in [-0.2, -0.15) is 5.10 Å². The van der Waals surface area contributed by atoms with Gasteiger partial charge in [-0.15, -0.1) is 0 Å². The van der Waals surface area contributed by atoms with Gasteiger partial charge < -0.3 is 10.1 Å². The van der Waals surface area contributed by atoms with Gasteiger partial charge in [0.15, 0.2) is 0 Å². The molecular weight excluding hydrogens is 343 g/mol. The molecule has 1 aliphatic heterocycles. The van der Waals surface area contributed by atoms with E-state index in [0.717, 1.165) is 18.7 Å². The molecule has 0 radical (unpaired) electrons. The van der Waals surface area contributed by atoms with Gasteiger partial charge in [0.05, 0.1) is 24.9 Å². The molecule has 0 aliphatic carbocycles. The first-order valence-electron chi connectivity index (χ1n) is 8.52. The smallest absolute Gasteiger partial charge is 0.129 e. The third-order valence-electron chi connectivity index (χ3n) is 4.47. The minimum atomic E-state index is -0.264. The number of aryl methyl sites for hydroxylation is 1. The molecule has 0 amide bonds. The molecule has 25 heavy (non-hydrogen) atoms. The van der Waals surface area contributed by atoms with Crippen molar-refractivity contribution in [1.82, 2.24) is 20.0 Å². The van der Waals surface area contributed by atoms with E-state index >= 15 is 0 Å². The maximum absolute atomic E-state index is 14.5. The number of hydrogen-bond acceptors (Lipinski definition) is 4. The molecule has 136 valence electrons. The molecule has 1 saturated heterocycles. The second kappa shape index (κ2) is 8.27. The minimum Gasteiger partial charge on any atom is -0.376 e. The summed E-state index contributed by atoms with van der Waals surface area (Å²) in [5, 5.41) is 8.05. The Balaban J connectivity index is 1.76. The van der Waals surface area contributed by atoms with Crippen LogP contribution in [0.5, 0.6) is 0 Å². The molecule has 0 unspecified atom stereocenters. The summed E-state index contributed by atoms with van der Waals surface area (Å²) in [6.45, 7) is 5.47. The van der Waals surface area contributed by atoms with Crippen LogP contribution in [0.1, 0.15) is 24.1 Å². The standard InChI is InChI=1S/C18H24ClFN4O/c1-13-11-24(6-7-25-13)17(18-15(19)4-3-5-16(18)20)10-21-8-14-9-22-23(2)12-14/h3-5,9,12-13,17,21H,6-8,10-11H2,1-2H3/t13-,17+/m0/s1. The molecule has 5 nitrogen and oxygen atoms in total. The van der Waals surface area contributed by atoms with Crippen LogP contribution in [-0.2, 0) is 18.3 Å². The SMILES string of the molecule is C[C@H]1CN([C@H](CNCc2cnn(C)c2)c2c(F)cccc2Cl)CCO1. The second-order valence-corrected chi connectivity index (χ2v) is 6.89. The number of rotatable bonds is 6. The van der Waals surface area contributed by atoms with Crippen LogP contribution < -0.4 is 5.32 Å². The maximum Gasteiger partial charge on any atom is 0.129 e. The van der Waals surface area contributed by atoms with E-state index in [4.69, 9.17) is 16.3 Å². The Hall–Kier alpha value is -1.47. The zero-order valence-corrected chi connectivity index (χ0v) is 15.3. The largest absolute Gasteiger partial charge is 0.376 e. The average Bonchev–Trinajstić information content (AvgIpc) is 2.98. The number of ether oxygens (including phenoxy) is 1. The van der Waals surface area contributed by atoms with Gasteiger partial charge in [0.25, 0.3) is 0 Å². The van der Waals surface area contributed by atoms with Crippen LogP contribution in [0, 0.1) is 5.82 Å². The Labute approximate surface area is 152 Å². The summed E-state index contributed by atoms with van der Waals surface area (Å²) in [6.07, 6.45) is 3.92.